The third kappa shape index (κ3) is 3.35. The van der Waals surface area contributed by atoms with Gasteiger partial charge in [0, 0.05) is 5.56 Å². The molecule has 0 aliphatic carbocycles. The summed E-state index contributed by atoms with van der Waals surface area (Å²) in [5, 5.41) is 7.14. The van der Waals surface area contributed by atoms with Gasteiger partial charge in [0.2, 0.25) is 0 Å². The SMILES string of the molecule is Cc1ccc(C(=O)NC(C)c2ccc(-n3cncn3)cc2)cc1C. The van der Waals surface area contributed by atoms with Gasteiger partial charge in [0.15, 0.2) is 0 Å². The van der Waals surface area contributed by atoms with Gasteiger partial charge in [-0.05, 0) is 61.7 Å². The summed E-state index contributed by atoms with van der Waals surface area (Å²) in [4.78, 5) is 16.3. The number of rotatable bonds is 4. The van der Waals surface area contributed by atoms with Crippen molar-refractivity contribution in [3.63, 3.8) is 0 Å². The zero-order valence-corrected chi connectivity index (χ0v) is 14.0. The first-order valence-electron chi connectivity index (χ1n) is 7.87. The second-order valence-electron chi connectivity index (χ2n) is 5.93. The van der Waals surface area contributed by atoms with E-state index < -0.39 is 0 Å². The van der Waals surface area contributed by atoms with Gasteiger partial charge >= 0.3 is 0 Å². The minimum atomic E-state index is -0.0797. The van der Waals surface area contributed by atoms with Crippen LogP contribution in [0.4, 0.5) is 0 Å². The van der Waals surface area contributed by atoms with Crippen LogP contribution in [0.3, 0.4) is 0 Å². The standard InChI is InChI=1S/C19H20N4O/c1-13-4-5-17(10-14(13)2)19(24)22-15(3)16-6-8-18(9-7-16)23-12-20-11-21-23/h4-12,15H,1-3H3,(H,22,24). The van der Waals surface area contributed by atoms with Crippen molar-refractivity contribution in [1.29, 1.82) is 0 Å². The maximum atomic E-state index is 12.4. The lowest BCUT2D eigenvalue weighted by Gasteiger charge is -2.15. The lowest BCUT2D eigenvalue weighted by molar-refractivity contribution is 0.0940. The fourth-order valence-corrected chi connectivity index (χ4v) is 2.50. The average Bonchev–Trinajstić information content (AvgIpc) is 3.12. The average molecular weight is 320 g/mol. The molecule has 0 bridgehead atoms. The molecule has 5 nitrogen and oxygen atoms in total. The van der Waals surface area contributed by atoms with Gasteiger partial charge in [-0.2, -0.15) is 5.10 Å². The molecule has 2 aromatic carbocycles. The summed E-state index contributed by atoms with van der Waals surface area (Å²) in [5.41, 5.74) is 4.96. The van der Waals surface area contributed by atoms with E-state index in [1.165, 1.54) is 11.9 Å². The van der Waals surface area contributed by atoms with Crippen LogP contribution in [0.5, 0.6) is 0 Å². The first kappa shape index (κ1) is 15.9. The molecule has 0 spiro atoms. The van der Waals surface area contributed by atoms with E-state index in [0.29, 0.717) is 5.56 Å². The van der Waals surface area contributed by atoms with E-state index >= 15 is 0 Å². The molecule has 122 valence electrons. The highest BCUT2D eigenvalue weighted by atomic mass is 16.1. The fourth-order valence-electron chi connectivity index (χ4n) is 2.50. The van der Waals surface area contributed by atoms with Gasteiger partial charge in [0.05, 0.1) is 11.7 Å². The van der Waals surface area contributed by atoms with Gasteiger partial charge in [-0.15, -0.1) is 0 Å². The van der Waals surface area contributed by atoms with Gasteiger partial charge in [-0.25, -0.2) is 9.67 Å². The number of hydrogen-bond donors (Lipinski definition) is 1. The van der Waals surface area contributed by atoms with Crippen molar-refractivity contribution < 1.29 is 4.79 Å². The van der Waals surface area contributed by atoms with E-state index in [4.69, 9.17) is 0 Å². The molecule has 0 radical (unpaired) electrons. The molecule has 1 unspecified atom stereocenters. The Kier molecular flexibility index (Phi) is 4.42. The molecule has 0 fully saturated rings. The van der Waals surface area contributed by atoms with Crippen molar-refractivity contribution in [2.45, 2.75) is 26.8 Å². The number of amides is 1. The fraction of sp³-hybridized carbons (Fsp3) is 0.211. The summed E-state index contributed by atoms with van der Waals surface area (Å²) in [6, 6.07) is 13.6. The first-order valence-corrected chi connectivity index (χ1v) is 7.87. The summed E-state index contributed by atoms with van der Waals surface area (Å²) in [7, 11) is 0. The summed E-state index contributed by atoms with van der Waals surface area (Å²) in [6.07, 6.45) is 3.15. The Bertz CT molecular complexity index is 838. The third-order valence-electron chi connectivity index (χ3n) is 4.19. The molecule has 0 aliphatic rings. The largest absolute Gasteiger partial charge is 0.346 e. The number of hydrogen-bond acceptors (Lipinski definition) is 3. The lowest BCUT2D eigenvalue weighted by Crippen LogP contribution is -2.26. The molecule has 1 atom stereocenters. The van der Waals surface area contributed by atoms with Gasteiger partial charge in [-0.3, -0.25) is 4.79 Å². The Labute approximate surface area is 141 Å². The molecule has 5 heteroatoms. The van der Waals surface area contributed by atoms with E-state index in [0.717, 1.165) is 16.8 Å². The van der Waals surface area contributed by atoms with Crippen molar-refractivity contribution in [1.82, 2.24) is 20.1 Å². The second kappa shape index (κ2) is 6.66. The van der Waals surface area contributed by atoms with Crippen LogP contribution in [0, 0.1) is 13.8 Å². The predicted molar refractivity (Wildman–Crippen MR) is 93.2 cm³/mol. The normalized spacial score (nSPS) is 12.0. The van der Waals surface area contributed by atoms with Crippen molar-refractivity contribution in [2.24, 2.45) is 0 Å². The molecule has 3 aromatic rings. The molecular formula is C19H20N4O. The van der Waals surface area contributed by atoms with Crippen molar-refractivity contribution in [3.8, 4) is 5.69 Å². The monoisotopic (exact) mass is 320 g/mol. The van der Waals surface area contributed by atoms with Crippen molar-refractivity contribution in [3.05, 3.63) is 77.4 Å². The quantitative estimate of drug-likeness (QED) is 0.802. The molecule has 1 amide bonds. The predicted octanol–water partition coefficient (Wildman–Crippen LogP) is 3.38. The number of aromatic nitrogens is 3. The summed E-state index contributed by atoms with van der Waals surface area (Å²) >= 11 is 0. The highest BCUT2D eigenvalue weighted by Gasteiger charge is 2.12. The Morgan fingerprint density at radius 3 is 2.46 bits per heavy atom. The molecule has 1 N–H and O–H groups in total. The smallest absolute Gasteiger partial charge is 0.251 e. The molecule has 24 heavy (non-hydrogen) atoms. The van der Waals surface area contributed by atoms with E-state index in [1.54, 1.807) is 11.0 Å². The molecule has 1 heterocycles. The van der Waals surface area contributed by atoms with Gasteiger partial charge in [0.25, 0.3) is 5.91 Å². The summed E-state index contributed by atoms with van der Waals surface area (Å²) in [6.45, 7) is 6.03. The van der Waals surface area contributed by atoms with Gasteiger partial charge in [-0.1, -0.05) is 18.2 Å². The zero-order valence-electron chi connectivity index (χ0n) is 14.0. The van der Waals surface area contributed by atoms with E-state index in [2.05, 4.69) is 15.4 Å². The summed E-state index contributed by atoms with van der Waals surface area (Å²) in [5.74, 6) is -0.0639. The maximum Gasteiger partial charge on any atom is 0.251 e. The lowest BCUT2D eigenvalue weighted by atomic mass is 10.0. The minimum absolute atomic E-state index is 0.0639. The van der Waals surface area contributed by atoms with E-state index in [9.17, 15) is 4.79 Å². The number of aryl methyl sites for hydroxylation is 2. The molecule has 0 aliphatic heterocycles. The summed E-state index contributed by atoms with van der Waals surface area (Å²) < 4.78 is 1.70. The topological polar surface area (TPSA) is 59.8 Å². The van der Waals surface area contributed by atoms with Crippen LogP contribution in [-0.4, -0.2) is 20.7 Å². The minimum Gasteiger partial charge on any atom is -0.346 e. The van der Waals surface area contributed by atoms with Crippen LogP contribution in [0.1, 0.15) is 40.0 Å². The molecule has 1 aromatic heterocycles. The van der Waals surface area contributed by atoms with Crippen LogP contribution >= 0.6 is 0 Å². The second-order valence-corrected chi connectivity index (χ2v) is 5.93. The van der Waals surface area contributed by atoms with Crippen LogP contribution in [0.25, 0.3) is 5.69 Å². The van der Waals surface area contributed by atoms with Crippen molar-refractivity contribution >= 4 is 5.91 Å². The van der Waals surface area contributed by atoms with Crippen molar-refractivity contribution in [2.75, 3.05) is 0 Å². The Balaban J connectivity index is 1.71. The number of carbonyl (C=O) groups excluding carboxylic acids is 1. The van der Waals surface area contributed by atoms with Crippen LogP contribution in [-0.2, 0) is 0 Å². The van der Waals surface area contributed by atoms with Gasteiger partial charge in [0.1, 0.15) is 12.7 Å². The molecule has 3 rings (SSSR count). The molecule has 0 saturated carbocycles. The van der Waals surface area contributed by atoms with E-state index in [-0.39, 0.29) is 11.9 Å². The highest BCUT2D eigenvalue weighted by molar-refractivity contribution is 5.94. The Morgan fingerprint density at radius 1 is 1.08 bits per heavy atom. The number of benzene rings is 2. The Hall–Kier alpha value is -2.95. The van der Waals surface area contributed by atoms with Crippen LogP contribution in [0.15, 0.2) is 55.1 Å². The molecular weight excluding hydrogens is 300 g/mol. The highest BCUT2D eigenvalue weighted by Crippen LogP contribution is 2.16. The molecule has 0 saturated heterocycles. The number of nitrogens with zero attached hydrogens (tertiary/aromatic N) is 3. The van der Waals surface area contributed by atoms with Gasteiger partial charge < -0.3 is 5.32 Å². The Morgan fingerprint density at radius 2 is 1.83 bits per heavy atom. The first-order chi connectivity index (χ1) is 11.5. The van der Waals surface area contributed by atoms with E-state index in [1.807, 2.05) is 63.2 Å². The number of nitrogens with one attached hydrogen (secondary N) is 1. The maximum absolute atomic E-state index is 12.4. The number of carbonyl (C=O) groups is 1. The van der Waals surface area contributed by atoms with Crippen LogP contribution in [0.2, 0.25) is 0 Å². The zero-order chi connectivity index (χ0) is 17.1. The van der Waals surface area contributed by atoms with Crippen LogP contribution < -0.4 is 5.32 Å². The third-order valence-corrected chi connectivity index (χ3v) is 4.19.